The fourth-order valence-electron chi connectivity index (χ4n) is 2.74. The summed E-state index contributed by atoms with van der Waals surface area (Å²) in [5.41, 5.74) is 0. The molecule has 2 unspecified atom stereocenters. The average Bonchev–Trinajstić information content (AvgIpc) is 2.57. The van der Waals surface area contributed by atoms with Gasteiger partial charge in [-0.2, -0.15) is 0 Å². The SMILES string of the molecule is CCCC(CCCC/C=C\CCCCO[SiH3])OC1COCCO1. The third-order valence-electron chi connectivity index (χ3n) is 4.02. The first-order valence-corrected chi connectivity index (χ1v) is 10.2. The standard InChI is InChI=1S/C18H36O4Si/c1-2-11-17(22-18-16-19-14-15-20-18)12-9-7-5-3-4-6-8-10-13-21-23/h3-4,17-18H,2,5-16H2,1,23H3/b4-3-. The quantitative estimate of drug-likeness (QED) is 0.276. The molecule has 1 aliphatic heterocycles. The zero-order valence-corrected chi connectivity index (χ0v) is 17.1. The van der Waals surface area contributed by atoms with Gasteiger partial charge in [0.25, 0.3) is 0 Å². The zero-order valence-electron chi connectivity index (χ0n) is 15.1. The van der Waals surface area contributed by atoms with Crippen LogP contribution in [0.25, 0.3) is 0 Å². The smallest absolute Gasteiger partial charge is 0.181 e. The molecule has 1 fully saturated rings. The van der Waals surface area contributed by atoms with Crippen LogP contribution in [0.3, 0.4) is 0 Å². The highest BCUT2D eigenvalue weighted by Gasteiger charge is 2.19. The van der Waals surface area contributed by atoms with Crippen LogP contribution in [0.2, 0.25) is 0 Å². The molecule has 136 valence electrons. The first-order chi connectivity index (χ1) is 11.4. The Hall–Kier alpha value is -0.203. The molecule has 0 aromatic carbocycles. The third-order valence-corrected chi connectivity index (χ3v) is 4.43. The van der Waals surface area contributed by atoms with E-state index in [9.17, 15) is 0 Å². The van der Waals surface area contributed by atoms with Crippen molar-refractivity contribution >= 4 is 10.5 Å². The van der Waals surface area contributed by atoms with E-state index >= 15 is 0 Å². The van der Waals surface area contributed by atoms with Crippen LogP contribution in [0.15, 0.2) is 12.2 Å². The molecule has 1 aliphatic rings. The second kappa shape index (κ2) is 15.3. The molecule has 0 bridgehead atoms. The molecule has 0 N–H and O–H groups in total. The maximum atomic E-state index is 6.04. The van der Waals surface area contributed by atoms with Gasteiger partial charge in [0.05, 0.1) is 25.9 Å². The summed E-state index contributed by atoms with van der Waals surface area (Å²) in [6, 6.07) is 0. The minimum absolute atomic E-state index is 0.157. The van der Waals surface area contributed by atoms with Crippen LogP contribution in [0.5, 0.6) is 0 Å². The number of rotatable bonds is 14. The highest BCUT2D eigenvalue weighted by molar-refractivity contribution is 5.97. The van der Waals surface area contributed by atoms with E-state index in [1.165, 1.54) is 38.5 Å². The first kappa shape index (κ1) is 20.8. The largest absolute Gasteiger partial charge is 0.428 e. The van der Waals surface area contributed by atoms with Crippen LogP contribution in [0.4, 0.5) is 0 Å². The molecule has 23 heavy (non-hydrogen) atoms. The Labute approximate surface area is 145 Å². The van der Waals surface area contributed by atoms with Crippen molar-refractivity contribution in [3.05, 3.63) is 12.2 Å². The number of allylic oxidation sites excluding steroid dienone is 2. The van der Waals surface area contributed by atoms with E-state index in [-0.39, 0.29) is 6.29 Å². The van der Waals surface area contributed by atoms with Gasteiger partial charge in [-0.1, -0.05) is 31.9 Å². The molecular formula is C18H36O4Si. The van der Waals surface area contributed by atoms with E-state index in [4.69, 9.17) is 18.6 Å². The fourth-order valence-corrected chi connectivity index (χ4v) is 3.03. The summed E-state index contributed by atoms with van der Waals surface area (Å²) in [5, 5.41) is 0. The van der Waals surface area contributed by atoms with Crippen molar-refractivity contribution in [3.63, 3.8) is 0 Å². The molecule has 0 amide bonds. The molecular weight excluding hydrogens is 308 g/mol. The van der Waals surface area contributed by atoms with Crippen LogP contribution >= 0.6 is 0 Å². The molecule has 2 atom stereocenters. The average molecular weight is 345 g/mol. The number of hydrogen-bond donors (Lipinski definition) is 0. The lowest BCUT2D eigenvalue weighted by Crippen LogP contribution is -2.34. The molecule has 0 aliphatic carbocycles. The molecule has 4 nitrogen and oxygen atoms in total. The van der Waals surface area contributed by atoms with Crippen LogP contribution < -0.4 is 0 Å². The second-order valence-corrected chi connectivity index (χ2v) is 6.74. The van der Waals surface area contributed by atoms with Crippen LogP contribution in [-0.4, -0.2) is 49.3 Å². The minimum Gasteiger partial charge on any atom is -0.428 e. The van der Waals surface area contributed by atoms with Crippen molar-refractivity contribution < 1.29 is 18.6 Å². The van der Waals surface area contributed by atoms with Crippen molar-refractivity contribution in [2.24, 2.45) is 0 Å². The maximum Gasteiger partial charge on any atom is 0.181 e. The summed E-state index contributed by atoms with van der Waals surface area (Å²) in [5.74, 6) is 0. The molecule has 1 saturated heterocycles. The molecule has 0 spiro atoms. The highest BCUT2D eigenvalue weighted by Crippen LogP contribution is 2.16. The summed E-state index contributed by atoms with van der Waals surface area (Å²) >= 11 is 0. The lowest BCUT2D eigenvalue weighted by atomic mass is 10.1. The summed E-state index contributed by atoms with van der Waals surface area (Å²) < 4.78 is 22.2. The number of unbranched alkanes of at least 4 members (excludes halogenated alkanes) is 4. The van der Waals surface area contributed by atoms with Gasteiger partial charge in [-0.15, -0.1) is 0 Å². The second-order valence-electron chi connectivity index (χ2n) is 6.17. The molecule has 5 heteroatoms. The van der Waals surface area contributed by atoms with E-state index in [1.54, 1.807) is 0 Å². The Morgan fingerprint density at radius 1 is 1.09 bits per heavy atom. The van der Waals surface area contributed by atoms with Gasteiger partial charge in [0, 0.05) is 6.61 Å². The third kappa shape index (κ3) is 11.9. The van der Waals surface area contributed by atoms with Gasteiger partial charge in [-0.25, -0.2) is 0 Å². The summed E-state index contributed by atoms with van der Waals surface area (Å²) in [4.78, 5) is 0. The van der Waals surface area contributed by atoms with E-state index in [0.29, 0.717) is 25.9 Å². The predicted molar refractivity (Wildman–Crippen MR) is 97.7 cm³/mol. The monoisotopic (exact) mass is 344 g/mol. The highest BCUT2D eigenvalue weighted by atomic mass is 28.2. The lowest BCUT2D eigenvalue weighted by Gasteiger charge is -2.27. The number of ether oxygens (including phenoxy) is 3. The Balaban J connectivity index is 2.02. The Morgan fingerprint density at radius 2 is 1.87 bits per heavy atom. The van der Waals surface area contributed by atoms with Gasteiger partial charge < -0.3 is 18.6 Å². The van der Waals surface area contributed by atoms with Gasteiger partial charge >= 0.3 is 0 Å². The molecule has 0 saturated carbocycles. The molecule has 1 heterocycles. The van der Waals surface area contributed by atoms with E-state index in [1.807, 2.05) is 0 Å². The Morgan fingerprint density at radius 3 is 2.52 bits per heavy atom. The van der Waals surface area contributed by atoms with Gasteiger partial charge in [-0.3, -0.25) is 0 Å². The predicted octanol–water partition coefficient (Wildman–Crippen LogP) is 3.13. The Bertz CT molecular complexity index is 280. The van der Waals surface area contributed by atoms with E-state index in [2.05, 4.69) is 19.1 Å². The van der Waals surface area contributed by atoms with Crippen molar-refractivity contribution in [2.45, 2.75) is 77.1 Å². The fraction of sp³-hybridized carbons (Fsp3) is 0.889. The van der Waals surface area contributed by atoms with Gasteiger partial charge in [-0.05, 0) is 44.9 Å². The molecule has 0 radical (unpaired) electrons. The molecule has 0 aromatic rings. The van der Waals surface area contributed by atoms with Gasteiger partial charge in [0.15, 0.2) is 6.29 Å². The maximum absolute atomic E-state index is 6.04. The molecule has 0 aromatic heterocycles. The van der Waals surface area contributed by atoms with E-state index in [0.717, 1.165) is 36.4 Å². The van der Waals surface area contributed by atoms with Crippen LogP contribution in [0, 0.1) is 0 Å². The van der Waals surface area contributed by atoms with Crippen molar-refractivity contribution in [2.75, 3.05) is 26.4 Å². The topological polar surface area (TPSA) is 36.9 Å². The molecule has 1 rings (SSSR count). The first-order valence-electron chi connectivity index (χ1n) is 9.35. The minimum atomic E-state index is -0.157. The van der Waals surface area contributed by atoms with Gasteiger partial charge in [0.2, 0.25) is 0 Å². The van der Waals surface area contributed by atoms with Crippen molar-refractivity contribution in [1.82, 2.24) is 0 Å². The summed E-state index contributed by atoms with van der Waals surface area (Å²) in [7, 11) is 0.867. The normalized spacial score (nSPS) is 20.3. The van der Waals surface area contributed by atoms with Crippen molar-refractivity contribution in [1.29, 1.82) is 0 Å². The van der Waals surface area contributed by atoms with Gasteiger partial charge in [0.1, 0.15) is 10.5 Å². The Kier molecular flexibility index (Phi) is 13.9. The van der Waals surface area contributed by atoms with Crippen LogP contribution in [0.1, 0.15) is 64.7 Å². The zero-order chi connectivity index (χ0) is 16.6. The van der Waals surface area contributed by atoms with Crippen LogP contribution in [-0.2, 0) is 18.6 Å². The summed E-state index contributed by atoms with van der Waals surface area (Å²) in [6.45, 7) is 5.07. The number of hydrogen-bond acceptors (Lipinski definition) is 4. The summed E-state index contributed by atoms with van der Waals surface area (Å²) in [6.07, 6.45) is 15.5. The lowest BCUT2D eigenvalue weighted by molar-refractivity contribution is -0.231. The van der Waals surface area contributed by atoms with Crippen molar-refractivity contribution in [3.8, 4) is 0 Å². The van der Waals surface area contributed by atoms with E-state index < -0.39 is 0 Å².